The van der Waals surface area contributed by atoms with Crippen molar-refractivity contribution in [1.82, 2.24) is 9.47 Å². The summed E-state index contributed by atoms with van der Waals surface area (Å²) in [4.78, 5) is 2.70. The molecule has 0 unspecified atom stereocenters. The molecular formula is C20H24N2O. The van der Waals surface area contributed by atoms with Crippen LogP contribution in [0.25, 0.3) is 16.6 Å². The van der Waals surface area contributed by atoms with Crippen LogP contribution in [0.1, 0.15) is 43.5 Å². The minimum absolute atomic E-state index is 0.125. The summed E-state index contributed by atoms with van der Waals surface area (Å²) in [6.45, 7) is 4.84. The van der Waals surface area contributed by atoms with E-state index in [4.69, 9.17) is 0 Å². The number of hydrogen-bond acceptors (Lipinski definition) is 2. The summed E-state index contributed by atoms with van der Waals surface area (Å²) < 4.78 is 2.38. The van der Waals surface area contributed by atoms with Gasteiger partial charge in [0.1, 0.15) is 0 Å². The Balaban J connectivity index is 1.89. The Morgan fingerprint density at radius 1 is 1.26 bits per heavy atom. The number of aliphatic hydroxyl groups excluding tert-OH is 1. The van der Waals surface area contributed by atoms with Gasteiger partial charge in [0.15, 0.2) is 0 Å². The van der Waals surface area contributed by atoms with E-state index in [0.717, 1.165) is 18.5 Å². The van der Waals surface area contributed by atoms with E-state index in [0.29, 0.717) is 6.04 Å². The number of para-hydroxylation sites is 1. The number of nitrogens with zero attached hydrogens (tertiary/aromatic N) is 2. The molecule has 3 heteroatoms. The van der Waals surface area contributed by atoms with Crippen LogP contribution in [0.2, 0.25) is 0 Å². The molecule has 0 radical (unpaired) electrons. The zero-order valence-corrected chi connectivity index (χ0v) is 13.8. The molecule has 3 nitrogen and oxygen atoms in total. The van der Waals surface area contributed by atoms with Gasteiger partial charge in [0.2, 0.25) is 0 Å². The second-order valence-electron chi connectivity index (χ2n) is 7.39. The summed E-state index contributed by atoms with van der Waals surface area (Å²) >= 11 is 0. The van der Waals surface area contributed by atoms with Crippen LogP contribution < -0.4 is 0 Å². The van der Waals surface area contributed by atoms with E-state index in [1.807, 2.05) is 0 Å². The normalized spacial score (nSPS) is 29.5. The van der Waals surface area contributed by atoms with Gasteiger partial charge in [-0.05, 0) is 43.9 Å². The second-order valence-corrected chi connectivity index (χ2v) is 7.39. The van der Waals surface area contributed by atoms with Crippen LogP contribution in [0.5, 0.6) is 0 Å². The molecule has 0 saturated carbocycles. The summed E-state index contributed by atoms with van der Waals surface area (Å²) in [6.07, 6.45) is 7.22. The van der Waals surface area contributed by atoms with Crippen molar-refractivity contribution in [1.29, 1.82) is 0 Å². The molecule has 1 aromatic carbocycles. The van der Waals surface area contributed by atoms with Crippen LogP contribution in [-0.2, 0) is 6.42 Å². The van der Waals surface area contributed by atoms with E-state index in [1.165, 1.54) is 48.1 Å². The smallest absolute Gasteiger partial charge is 0.0833 e. The molecule has 3 aliphatic heterocycles. The standard InChI is InChI=1S/C20H24N2O/c1-2-20-9-5-10-21-11-8-16-15-6-3-4-7-17(15)22(14(12-20)13-23)18(16)19(20)21/h3-4,6-7,12,19,23H,2,5,8-11,13H2,1H3/t19-,20+/m1/s1. The molecule has 2 aromatic rings. The van der Waals surface area contributed by atoms with Gasteiger partial charge in [-0.15, -0.1) is 0 Å². The molecule has 1 saturated heterocycles. The van der Waals surface area contributed by atoms with E-state index >= 15 is 0 Å². The highest BCUT2D eigenvalue weighted by Crippen LogP contribution is 2.56. The molecule has 120 valence electrons. The van der Waals surface area contributed by atoms with Gasteiger partial charge in [0.25, 0.3) is 0 Å². The maximum Gasteiger partial charge on any atom is 0.0833 e. The van der Waals surface area contributed by atoms with Crippen molar-refractivity contribution in [2.75, 3.05) is 19.7 Å². The van der Waals surface area contributed by atoms with Crippen molar-refractivity contribution < 1.29 is 5.11 Å². The lowest BCUT2D eigenvalue weighted by atomic mass is 9.66. The lowest BCUT2D eigenvalue weighted by Crippen LogP contribution is -2.50. The summed E-state index contributed by atoms with van der Waals surface area (Å²) in [7, 11) is 0. The lowest BCUT2D eigenvalue weighted by molar-refractivity contribution is 0.0263. The predicted molar refractivity (Wildman–Crippen MR) is 93.3 cm³/mol. The quantitative estimate of drug-likeness (QED) is 0.918. The van der Waals surface area contributed by atoms with E-state index in [-0.39, 0.29) is 12.0 Å². The summed E-state index contributed by atoms with van der Waals surface area (Å²) in [5.41, 5.74) is 5.57. The van der Waals surface area contributed by atoms with Crippen LogP contribution in [0, 0.1) is 5.41 Å². The number of aliphatic hydroxyl groups is 1. The Morgan fingerprint density at radius 2 is 2.13 bits per heavy atom. The van der Waals surface area contributed by atoms with Gasteiger partial charge in [0.05, 0.1) is 18.2 Å². The summed E-state index contributed by atoms with van der Waals surface area (Å²) in [6, 6.07) is 9.23. The SMILES string of the molecule is CC[C@@]12C=C(CO)n3c4c(c5ccccc53)CCN(CCC1)[C@H]42. The Morgan fingerprint density at radius 3 is 2.96 bits per heavy atom. The molecule has 5 rings (SSSR count). The molecule has 1 N–H and O–H groups in total. The first-order valence-corrected chi connectivity index (χ1v) is 8.98. The average molecular weight is 308 g/mol. The molecule has 4 heterocycles. The predicted octanol–water partition coefficient (Wildman–Crippen LogP) is 3.58. The largest absolute Gasteiger partial charge is 0.390 e. The van der Waals surface area contributed by atoms with E-state index < -0.39 is 0 Å². The van der Waals surface area contributed by atoms with Gasteiger partial charge in [0, 0.05) is 28.7 Å². The third-order valence-electron chi connectivity index (χ3n) is 6.49. The number of rotatable bonds is 2. The fourth-order valence-corrected chi connectivity index (χ4v) is 5.50. The van der Waals surface area contributed by atoms with Gasteiger partial charge < -0.3 is 9.67 Å². The van der Waals surface area contributed by atoms with Crippen molar-refractivity contribution in [3.05, 3.63) is 41.6 Å². The minimum atomic E-state index is 0.125. The lowest BCUT2D eigenvalue weighted by Gasteiger charge is -2.53. The monoisotopic (exact) mass is 308 g/mol. The average Bonchev–Trinajstić information content (AvgIpc) is 2.95. The first kappa shape index (κ1) is 13.8. The number of fused-ring (bicyclic) bond motifs is 3. The van der Waals surface area contributed by atoms with Crippen molar-refractivity contribution in [3.8, 4) is 0 Å². The van der Waals surface area contributed by atoms with Crippen molar-refractivity contribution >= 4 is 16.6 Å². The molecule has 0 spiro atoms. The third-order valence-corrected chi connectivity index (χ3v) is 6.49. The molecule has 1 aromatic heterocycles. The van der Waals surface area contributed by atoms with Crippen molar-refractivity contribution in [2.24, 2.45) is 5.41 Å². The highest BCUT2D eigenvalue weighted by atomic mass is 16.3. The van der Waals surface area contributed by atoms with Crippen LogP contribution in [-0.4, -0.2) is 34.3 Å². The number of piperidine rings is 1. The summed E-state index contributed by atoms with van der Waals surface area (Å²) in [5, 5.41) is 11.5. The Bertz CT molecular complexity index is 818. The molecular weight excluding hydrogens is 284 g/mol. The molecule has 1 fully saturated rings. The Kier molecular flexibility index (Phi) is 2.83. The maximum atomic E-state index is 10.1. The zero-order valence-electron chi connectivity index (χ0n) is 13.8. The van der Waals surface area contributed by atoms with Crippen LogP contribution >= 0.6 is 0 Å². The van der Waals surface area contributed by atoms with Gasteiger partial charge in [-0.3, -0.25) is 4.90 Å². The maximum absolute atomic E-state index is 10.1. The van der Waals surface area contributed by atoms with Gasteiger partial charge in [-0.25, -0.2) is 0 Å². The first-order valence-electron chi connectivity index (χ1n) is 8.98. The van der Waals surface area contributed by atoms with Crippen LogP contribution in [0.3, 0.4) is 0 Å². The molecule has 23 heavy (non-hydrogen) atoms. The molecule has 0 aliphatic carbocycles. The fourth-order valence-electron chi connectivity index (χ4n) is 5.50. The van der Waals surface area contributed by atoms with Gasteiger partial charge in [-0.1, -0.05) is 31.2 Å². The van der Waals surface area contributed by atoms with Gasteiger partial charge >= 0.3 is 0 Å². The van der Waals surface area contributed by atoms with E-state index in [2.05, 4.69) is 46.7 Å². The number of aromatic nitrogens is 1. The topological polar surface area (TPSA) is 28.4 Å². The number of benzene rings is 1. The minimum Gasteiger partial charge on any atom is -0.390 e. The molecule has 0 bridgehead atoms. The molecule has 3 aliphatic rings. The van der Waals surface area contributed by atoms with Crippen LogP contribution in [0.4, 0.5) is 0 Å². The highest BCUT2D eigenvalue weighted by Gasteiger charge is 2.49. The fraction of sp³-hybridized carbons (Fsp3) is 0.500. The third kappa shape index (κ3) is 1.62. The van der Waals surface area contributed by atoms with E-state index in [9.17, 15) is 5.11 Å². The highest BCUT2D eigenvalue weighted by molar-refractivity contribution is 5.90. The van der Waals surface area contributed by atoms with E-state index in [1.54, 1.807) is 0 Å². The first-order chi connectivity index (χ1) is 11.3. The van der Waals surface area contributed by atoms with Crippen LogP contribution in [0.15, 0.2) is 30.3 Å². The second kappa shape index (κ2) is 4.71. The van der Waals surface area contributed by atoms with Gasteiger partial charge in [-0.2, -0.15) is 0 Å². The van der Waals surface area contributed by atoms with Crippen molar-refractivity contribution in [3.63, 3.8) is 0 Å². The molecule has 2 atom stereocenters. The van der Waals surface area contributed by atoms with Crippen molar-refractivity contribution in [2.45, 2.75) is 38.6 Å². The Hall–Kier alpha value is -1.58. The summed E-state index contributed by atoms with van der Waals surface area (Å²) in [5.74, 6) is 0. The Labute approximate surface area is 137 Å². The number of hydrogen-bond donors (Lipinski definition) is 1. The zero-order chi connectivity index (χ0) is 15.6. The molecule has 0 amide bonds.